The monoisotopic (exact) mass is 240 g/mol. The minimum absolute atomic E-state index is 0.279. The normalized spacial score (nSPS) is 16.2. The van der Waals surface area contributed by atoms with Gasteiger partial charge in [-0.25, -0.2) is 9.78 Å². The van der Waals surface area contributed by atoms with Crippen LogP contribution in [0.4, 0.5) is 5.00 Å². The number of rotatable bonds is 2. The van der Waals surface area contributed by atoms with E-state index in [4.69, 9.17) is 10.5 Å². The highest BCUT2D eigenvalue weighted by Gasteiger charge is 2.30. The van der Waals surface area contributed by atoms with Crippen LogP contribution in [0.15, 0.2) is 0 Å². The Kier molecular flexibility index (Phi) is 2.66. The first-order valence-corrected chi connectivity index (χ1v) is 6.18. The Hall–Kier alpha value is -1.10. The Labute approximate surface area is 98.8 Å². The zero-order chi connectivity index (χ0) is 11.9. The van der Waals surface area contributed by atoms with E-state index in [1.807, 2.05) is 20.8 Å². The minimum atomic E-state index is -0.507. The summed E-state index contributed by atoms with van der Waals surface area (Å²) in [5, 5.41) is 1.44. The molecular weight excluding hydrogens is 224 g/mol. The highest BCUT2D eigenvalue weighted by atomic mass is 32.1. The van der Waals surface area contributed by atoms with Crippen LogP contribution in [-0.4, -0.2) is 16.6 Å². The van der Waals surface area contributed by atoms with E-state index in [1.165, 1.54) is 11.3 Å². The summed E-state index contributed by atoms with van der Waals surface area (Å²) >= 11 is 1.41. The van der Waals surface area contributed by atoms with Crippen molar-refractivity contribution in [2.45, 2.75) is 45.1 Å². The van der Waals surface area contributed by atoms with E-state index < -0.39 is 11.6 Å². The Morgan fingerprint density at radius 1 is 1.50 bits per heavy atom. The summed E-state index contributed by atoms with van der Waals surface area (Å²) in [4.78, 5) is 16.1. The third-order valence-electron chi connectivity index (χ3n) is 2.19. The lowest BCUT2D eigenvalue weighted by molar-refractivity contribution is 0.00648. The van der Waals surface area contributed by atoms with Crippen molar-refractivity contribution in [3.05, 3.63) is 10.7 Å². The molecule has 5 heteroatoms. The van der Waals surface area contributed by atoms with E-state index in [1.54, 1.807) is 0 Å². The number of hydrogen-bond donors (Lipinski definition) is 1. The van der Waals surface area contributed by atoms with E-state index in [0.29, 0.717) is 10.9 Å². The molecule has 2 rings (SSSR count). The number of nitrogen functional groups attached to an aromatic ring is 1. The van der Waals surface area contributed by atoms with Gasteiger partial charge in [-0.05, 0) is 33.6 Å². The quantitative estimate of drug-likeness (QED) is 0.807. The van der Waals surface area contributed by atoms with Gasteiger partial charge in [0, 0.05) is 5.92 Å². The third kappa shape index (κ3) is 2.52. The van der Waals surface area contributed by atoms with Crippen molar-refractivity contribution < 1.29 is 9.53 Å². The molecule has 0 spiro atoms. The summed E-state index contributed by atoms with van der Waals surface area (Å²) in [5.74, 6) is 0.0941. The molecule has 1 heterocycles. The van der Waals surface area contributed by atoms with Gasteiger partial charge < -0.3 is 10.5 Å². The molecule has 16 heavy (non-hydrogen) atoms. The van der Waals surface area contributed by atoms with E-state index in [0.717, 1.165) is 17.8 Å². The molecule has 4 nitrogen and oxygen atoms in total. The van der Waals surface area contributed by atoms with Crippen LogP contribution in [0.5, 0.6) is 0 Å². The van der Waals surface area contributed by atoms with Crippen molar-refractivity contribution in [1.29, 1.82) is 0 Å². The Morgan fingerprint density at radius 2 is 2.12 bits per heavy atom. The molecule has 0 aromatic carbocycles. The third-order valence-corrected chi connectivity index (χ3v) is 3.24. The standard InChI is InChI=1S/C11H16N2O2S/c1-11(2,3)15-10(14)7-8(12)16-9(13-7)6-4-5-6/h6H,4-5,12H2,1-3H3. The summed E-state index contributed by atoms with van der Waals surface area (Å²) in [6, 6.07) is 0. The second kappa shape index (κ2) is 3.73. The minimum Gasteiger partial charge on any atom is -0.455 e. The Morgan fingerprint density at radius 3 is 2.62 bits per heavy atom. The summed E-state index contributed by atoms with van der Waals surface area (Å²) < 4.78 is 5.24. The number of carbonyl (C=O) groups is 1. The Balaban J connectivity index is 2.16. The number of thiazole rings is 1. The molecule has 88 valence electrons. The van der Waals surface area contributed by atoms with E-state index in [2.05, 4.69) is 4.98 Å². The van der Waals surface area contributed by atoms with Crippen LogP contribution < -0.4 is 5.73 Å². The van der Waals surface area contributed by atoms with Gasteiger partial charge in [0.2, 0.25) is 0 Å². The summed E-state index contributed by atoms with van der Waals surface area (Å²) in [6.07, 6.45) is 2.31. The molecular formula is C11H16N2O2S. The van der Waals surface area contributed by atoms with Gasteiger partial charge in [0.15, 0.2) is 5.69 Å². The molecule has 0 aliphatic heterocycles. The van der Waals surface area contributed by atoms with Gasteiger partial charge in [-0.15, -0.1) is 11.3 Å². The number of esters is 1. The van der Waals surface area contributed by atoms with Crippen molar-refractivity contribution in [3.8, 4) is 0 Å². The molecule has 1 fully saturated rings. The molecule has 0 radical (unpaired) electrons. The lowest BCUT2D eigenvalue weighted by Crippen LogP contribution is -2.24. The largest absolute Gasteiger partial charge is 0.455 e. The van der Waals surface area contributed by atoms with Crippen LogP contribution in [0.1, 0.15) is 55.0 Å². The number of hydrogen-bond acceptors (Lipinski definition) is 5. The van der Waals surface area contributed by atoms with Crippen molar-refractivity contribution >= 4 is 22.3 Å². The Bertz CT molecular complexity index is 416. The predicted molar refractivity (Wildman–Crippen MR) is 63.7 cm³/mol. The van der Waals surface area contributed by atoms with Crippen molar-refractivity contribution in [3.63, 3.8) is 0 Å². The van der Waals surface area contributed by atoms with Gasteiger partial charge in [-0.2, -0.15) is 0 Å². The van der Waals surface area contributed by atoms with Gasteiger partial charge in [0.05, 0.1) is 5.01 Å². The fourth-order valence-electron chi connectivity index (χ4n) is 1.33. The smallest absolute Gasteiger partial charge is 0.360 e. The lowest BCUT2D eigenvalue weighted by atomic mass is 10.2. The van der Waals surface area contributed by atoms with Crippen LogP contribution in [0.2, 0.25) is 0 Å². The SMILES string of the molecule is CC(C)(C)OC(=O)c1nc(C2CC2)sc1N. The van der Waals surface area contributed by atoms with Gasteiger partial charge in [0.25, 0.3) is 0 Å². The highest BCUT2D eigenvalue weighted by Crippen LogP contribution is 2.43. The maximum Gasteiger partial charge on any atom is 0.360 e. The molecule has 0 unspecified atom stereocenters. The number of ether oxygens (including phenoxy) is 1. The molecule has 1 aliphatic rings. The molecule has 1 aliphatic carbocycles. The van der Waals surface area contributed by atoms with Crippen LogP contribution in [0.3, 0.4) is 0 Å². The van der Waals surface area contributed by atoms with Crippen LogP contribution >= 0.6 is 11.3 Å². The second-order valence-electron chi connectivity index (χ2n) is 5.04. The average molecular weight is 240 g/mol. The fraction of sp³-hybridized carbons (Fsp3) is 0.636. The molecule has 0 atom stereocenters. The summed E-state index contributed by atoms with van der Waals surface area (Å²) in [5.41, 5.74) is 5.55. The first-order valence-electron chi connectivity index (χ1n) is 5.36. The first kappa shape index (κ1) is 11.4. The maximum atomic E-state index is 11.8. The zero-order valence-electron chi connectivity index (χ0n) is 9.74. The summed E-state index contributed by atoms with van der Waals surface area (Å²) in [6.45, 7) is 5.49. The van der Waals surface area contributed by atoms with E-state index in [-0.39, 0.29) is 5.69 Å². The molecule has 1 saturated carbocycles. The van der Waals surface area contributed by atoms with Crippen molar-refractivity contribution in [2.75, 3.05) is 5.73 Å². The average Bonchev–Trinajstić information content (AvgIpc) is 2.87. The molecule has 2 N–H and O–H groups in total. The van der Waals surface area contributed by atoms with Crippen molar-refractivity contribution in [2.24, 2.45) is 0 Å². The first-order chi connectivity index (χ1) is 7.37. The van der Waals surface area contributed by atoms with E-state index in [9.17, 15) is 4.79 Å². The van der Waals surface area contributed by atoms with Gasteiger partial charge >= 0.3 is 5.97 Å². The summed E-state index contributed by atoms with van der Waals surface area (Å²) in [7, 11) is 0. The highest BCUT2D eigenvalue weighted by molar-refractivity contribution is 7.16. The van der Waals surface area contributed by atoms with Gasteiger partial charge in [0.1, 0.15) is 10.6 Å². The molecule has 1 aromatic heterocycles. The predicted octanol–water partition coefficient (Wildman–Crippen LogP) is 2.56. The van der Waals surface area contributed by atoms with Gasteiger partial charge in [-0.3, -0.25) is 0 Å². The fourth-order valence-corrected chi connectivity index (χ4v) is 2.32. The lowest BCUT2D eigenvalue weighted by Gasteiger charge is -2.18. The zero-order valence-corrected chi connectivity index (χ0v) is 10.6. The number of nitrogens with zero attached hydrogens (tertiary/aromatic N) is 1. The maximum absolute atomic E-state index is 11.8. The van der Waals surface area contributed by atoms with Gasteiger partial charge in [-0.1, -0.05) is 0 Å². The molecule has 0 saturated heterocycles. The van der Waals surface area contributed by atoms with Crippen molar-refractivity contribution in [1.82, 2.24) is 4.98 Å². The second-order valence-corrected chi connectivity index (χ2v) is 6.10. The van der Waals surface area contributed by atoms with Crippen LogP contribution in [0.25, 0.3) is 0 Å². The number of anilines is 1. The van der Waals surface area contributed by atoms with Crippen LogP contribution in [0, 0.1) is 0 Å². The number of aromatic nitrogens is 1. The van der Waals surface area contributed by atoms with Crippen LogP contribution in [-0.2, 0) is 4.74 Å². The number of nitrogens with two attached hydrogens (primary N) is 1. The molecule has 0 amide bonds. The number of carbonyl (C=O) groups excluding carboxylic acids is 1. The topological polar surface area (TPSA) is 65.2 Å². The van der Waals surface area contributed by atoms with E-state index >= 15 is 0 Å². The molecule has 0 bridgehead atoms. The molecule has 1 aromatic rings.